The summed E-state index contributed by atoms with van der Waals surface area (Å²) in [6.07, 6.45) is 1.91. The Bertz CT molecular complexity index is 983. The van der Waals surface area contributed by atoms with Gasteiger partial charge >= 0.3 is 0 Å². The van der Waals surface area contributed by atoms with Crippen LogP contribution < -0.4 is 4.74 Å². The smallest absolute Gasteiger partial charge is 0.227 e. The highest BCUT2D eigenvalue weighted by Crippen LogP contribution is 2.27. The molecule has 2 aromatic carbocycles. The molecular formula is C22H22N2O3. The first-order valence-electron chi connectivity index (χ1n) is 8.91. The van der Waals surface area contributed by atoms with E-state index < -0.39 is 0 Å². The maximum absolute atomic E-state index is 13.0. The zero-order valence-corrected chi connectivity index (χ0v) is 15.7. The van der Waals surface area contributed by atoms with Gasteiger partial charge in [0.25, 0.3) is 0 Å². The molecule has 27 heavy (non-hydrogen) atoms. The highest BCUT2D eigenvalue weighted by atomic mass is 16.5. The van der Waals surface area contributed by atoms with E-state index in [1.807, 2.05) is 49.1 Å². The number of likely N-dealkylation sites (N-methyl/N-ethyl adjacent to an activating group) is 1. The average molecular weight is 362 g/mol. The Balaban J connectivity index is 1.79. The van der Waals surface area contributed by atoms with Crippen molar-refractivity contribution in [1.29, 1.82) is 5.26 Å². The van der Waals surface area contributed by atoms with Crippen LogP contribution in [0.2, 0.25) is 0 Å². The van der Waals surface area contributed by atoms with Crippen molar-refractivity contribution >= 4 is 16.9 Å². The van der Waals surface area contributed by atoms with E-state index in [2.05, 4.69) is 6.07 Å². The maximum atomic E-state index is 13.0. The fraction of sp³-hybridized carbons (Fsp3) is 0.273. The molecule has 5 nitrogen and oxygen atoms in total. The molecule has 0 saturated carbocycles. The summed E-state index contributed by atoms with van der Waals surface area (Å²) >= 11 is 0. The molecule has 0 fully saturated rings. The zero-order chi connectivity index (χ0) is 19.4. The number of furan rings is 1. The summed E-state index contributed by atoms with van der Waals surface area (Å²) in [7, 11) is 1.61. The number of nitriles is 1. The molecule has 0 spiro atoms. The van der Waals surface area contributed by atoms with E-state index in [1.54, 1.807) is 25.5 Å². The number of ether oxygens (including phenoxy) is 1. The van der Waals surface area contributed by atoms with Gasteiger partial charge in [-0.2, -0.15) is 5.26 Å². The highest BCUT2D eigenvalue weighted by Gasteiger charge is 2.21. The quantitative estimate of drug-likeness (QED) is 0.649. The molecule has 0 aliphatic heterocycles. The van der Waals surface area contributed by atoms with Crippen molar-refractivity contribution in [2.75, 3.05) is 13.7 Å². The first-order valence-corrected chi connectivity index (χ1v) is 8.91. The van der Waals surface area contributed by atoms with Crippen molar-refractivity contribution in [2.45, 2.75) is 26.3 Å². The molecule has 138 valence electrons. The van der Waals surface area contributed by atoms with Crippen molar-refractivity contribution in [2.24, 2.45) is 0 Å². The molecule has 1 heterocycles. The van der Waals surface area contributed by atoms with Crippen molar-refractivity contribution in [3.05, 3.63) is 65.4 Å². The summed E-state index contributed by atoms with van der Waals surface area (Å²) in [4.78, 5) is 14.8. The fourth-order valence-electron chi connectivity index (χ4n) is 3.27. The van der Waals surface area contributed by atoms with E-state index in [0.29, 0.717) is 17.7 Å². The van der Waals surface area contributed by atoms with Crippen LogP contribution in [0.3, 0.4) is 0 Å². The summed E-state index contributed by atoms with van der Waals surface area (Å²) < 4.78 is 10.8. The van der Waals surface area contributed by atoms with Gasteiger partial charge in [-0.15, -0.1) is 0 Å². The third-order valence-corrected chi connectivity index (χ3v) is 4.86. The number of hydrogen-bond acceptors (Lipinski definition) is 4. The molecule has 0 aliphatic rings. The van der Waals surface area contributed by atoms with Crippen LogP contribution in [0, 0.1) is 11.3 Å². The molecule has 0 N–H and O–H groups in total. The number of fused-ring (bicyclic) bond motifs is 1. The monoisotopic (exact) mass is 362 g/mol. The number of nitrogens with zero attached hydrogens (tertiary/aromatic N) is 2. The molecule has 3 aromatic rings. The van der Waals surface area contributed by atoms with Crippen LogP contribution in [-0.2, 0) is 11.2 Å². The summed E-state index contributed by atoms with van der Waals surface area (Å²) in [5.41, 5.74) is 3.19. The molecule has 1 atom stereocenters. The van der Waals surface area contributed by atoms with Gasteiger partial charge in [0.05, 0.1) is 37.5 Å². The Morgan fingerprint density at radius 2 is 2.00 bits per heavy atom. The van der Waals surface area contributed by atoms with Gasteiger partial charge in [0, 0.05) is 23.6 Å². The standard InChI is InChI=1S/C22H22N2O3/c1-4-24(15(2)17-7-5-16(13-23)6-8-17)22(25)11-18-14-27-21-12-19(26-3)9-10-20(18)21/h5-10,12,14-15H,4,11H2,1-3H3. The van der Waals surface area contributed by atoms with Gasteiger partial charge in [-0.3, -0.25) is 4.79 Å². The molecule has 1 unspecified atom stereocenters. The number of carbonyl (C=O) groups excluding carboxylic acids is 1. The van der Waals surface area contributed by atoms with E-state index in [-0.39, 0.29) is 18.4 Å². The topological polar surface area (TPSA) is 66.5 Å². The number of benzene rings is 2. The lowest BCUT2D eigenvalue weighted by Crippen LogP contribution is -2.34. The predicted octanol–water partition coefficient (Wildman–Crippen LogP) is 4.47. The van der Waals surface area contributed by atoms with Crippen LogP contribution in [0.15, 0.2) is 53.1 Å². The van der Waals surface area contributed by atoms with Gasteiger partial charge in [-0.05, 0) is 43.7 Å². The van der Waals surface area contributed by atoms with Crippen LogP contribution in [0.1, 0.15) is 36.6 Å². The Labute approximate surface area is 158 Å². The summed E-state index contributed by atoms with van der Waals surface area (Å²) in [5.74, 6) is 0.757. The molecule has 0 radical (unpaired) electrons. The lowest BCUT2D eigenvalue weighted by Gasteiger charge is -2.28. The van der Waals surface area contributed by atoms with Gasteiger partial charge in [-0.1, -0.05) is 12.1 Å². The number of hydrogen-bond donors (Lipinski definition) is 0. The minimum Gasteiger partial charge on any atom is -0.497 e. The van der Waals surface area contributed by atoms with Gasteiger partial charge in [0.2, 0.25) is 5.91 Å². The summed E-state index contributed by atoms with van der Waals surface area (Å²) in [6.45, 7) is 4.57. The molecular weight excluding hydrogens is 340 g/mol. The Kier molecular flexibility index (Phi) is 5.46. The van der Waals surface area contributed by atoms with Gasteiger partial charge in [0.1, 0.15) is 11.3 Å². The van der Waals surface area contributed by atoms with Crippen LogP contribution in [0.4, 0.5) is 0 Å². The second-order valence-electron chi connectivity index (χ2n) is 6.39. The molecule has 3 rings (SSSR count). The van der Waals surface area contributed by atoms with Crippen molar-refractivity contribution in [3.8, 4) is 11.8 Å². The van der Waals surface area contributed by atoms with E-state index in [1.165, 1.54) is 0 Å². The lowest BCUT2D eigenvalue weighted by molar-refractivity contribution is -0.132. The van der Waals surface area contributed by atoms with Gasteiger partial charge in [-0.25, -0.2) is 0 Å². The maximum Gasteiger partial charge on any atom is 0.227 e. The minimum atomic E-state index is -0.0755. The van der Waals surface area contributed by atoms with Crippen molar-refractivity contribution in [3.63, 3.8) is 0 Å². The Morgan fingerprint density at radius 1 is 1.26 bits per heavy atom. The number of methoxy groups -OCH3 is 1. The minimum absolute atomic E-state index is 0.0351. The average Bonchev–Trinajstić information content (AvgIpc) is 3.10. The van der Waals surface area contributed by atoms with E-state index in [9.17, 15) is 4.79 Å². The van der Waals surface area contributed by atoms with E-state index >= 15 is 0 Å². The molecule has 5 heteroatoms. The largest absolute Gasteiger partial charge is 0.497 e. The molecule has 0 aliphatic carbocycles. The zero-order valence-electron chi connectivity index (χ0n) is 15.7. The number of rotatable bonds is 6. The first-order chi connectivity index (χ1) is 13.1. The number of carbonyl (C=O) groups is 1. The summed E-state index contributed by atoms with van der Waals surface area (Å²) in [5, 5.41) is 9.87. The van der Waals surface area contributed by atoms with Gasteiger partial charge in [0.15, 0.2) is 0 Å². The SMILES string of the molecule is CCN(C(=O)Cc1coc2cc(OC)ccc12)C(C)c1ccc(C#N)cc1. The molecule has 0 saturated heterocycles. The fourth-order valence-corrected chi connectivity index (χ4v) is 3.27. The van der Waals surface area contributed by atoms with Gasteiger partial charge < -0.3 is 14.1 Å². The number of amides is 1. The van der Waals surface area contributed by atoms with Crippen LogP contribution in [-0.4, -0.2) is 24.5 Å². The predicted molar refractivity (Wildman–Crippen MR) is 103 cm³/mol. The second-order valence-corrected chi connectivity index (χ2v) is 6.39. The first kappa shape index (κ1) is 18.5. The highest BCUT2D eigenvalue weighted by molar-refractivity contribution is 5.88. The lowest BCUT2D eigenvalue weighted by atomic mass is 10.0. The van der Waals surface area contributed by atoms with E-state index in [0.717, 1.165) is 22.3 Å². The third kappa shape index (κ3) is 3.80. The normalized spacial score (nSPS) is 11.8. The Morgan fingerprint density at radius 3 is 2.63 bits per heavy atom. The van der Waals surface area contributed by atoms with E-state index in [4.69, 9.17) is 14.4 Å². The molecule has 1 aromatic heterocycles. The second kappa shape index (κ2) is 7.96. The molecule has 1 amide bonds. The summed E-state index contributed by atoms with van der Waals surface area (Å²) in [6, 6.07) is 15.0. The van der Waals surface area contributed by atoms with Crippen LogP contribution in [0.25, 0.3) is 11.0 Å². The van der Waals surface area contributed by atoms with Crippen molar-refractivity contribution in [1.82, 2.24) is 4.90 Å². The van der Waals surface area contributed by atoms with Crippen molar-refractivity contribution < 1.29 is 13.9 Å². The van der Waals surface area contributed by atoms with Crippen LogP contribution >= 0.6 is 0 Å². The third-order valence-electron chi connectivity index (χ3n) is 4.86. The van der Waals surface area contributed by atoms with Crippen LogP contribution in [0.5, 0.6) is 5.75 Å². The molecule has 0 bridgehead atoms. The Hall–Kier alpha value is -3.26.